The fourth-order valence-electron chi connectivity index (χ4n) is 1.62. The van der Waals surface area contributed by atoms with E-state index in [-0.39, 0.29) is 0 Å². The molecule has 0 aliphatic heterocycles. The second-order valence-electron chi connectivity index (χ2n) is 3.99. The van der Waals surface area contributed by atoms with Crippen molar-refractivity contribution in [3.8, 4) is 5.75 Å². The van der Waals surface area contributed by atoms with Crippen LogP contribution in [0.4, 0.5) is 11.4 Å². The van der Waals surface area contributed by atoms with Gasteiger partial charge in [0.25, 0.3) is 0 Å². The summed E-state index contributed by atoms with van der Waals surface area (Å²) in [5.41, 5.74) is 11.5. The molecular formula is C15H16N2O. The Balaban J connectivity index is 2.12. The Morgan fingerprint density at radius 2 is 1.56 bits per heavy atom. The first-order valence-electron chi connectivity index (χ1n) is 6.08. The lowest BCUT2D eigenvalue weighted by molar-refractivity contribution is 0.317. The molecule has 0 spiro atoms. The van der Waals surface area contributed by atoms with E-state index in [1.165, 1.54) is 0 Å². The molecule has 0 saturated heterocycles. The third kappa shape index (κ3) is 2.94. The van der Waals surface area contributed by atoms with Crippen molar-refractivity contribution in [2.75, 3.05) is 6.61 Å². The minimum atomic E-state index is 0.709. The van der Waals surface area contributed by atoms with Gasteiger partial charge in [0, 0.05) is 24.3 Å². The zero-order valence-corrected chi connectivity index (χ0v) is 10.4. The molecule has 3 nitrogen and oxygen atoms in total. The maximum Gasteiger partial charge on any atom is 0.200 e. The quantitative estimate of drug-likeness (QED) is 0.565. The molecule has 2 aromatic rings. The molecule has 0 atom stereocenters. The predicted molar refractivity (Wildman–Crippen MR) is 73.5 cm³/mol. The van der Waals surface area contributed by atoms with Gasteiger partial charge >= 0.3 is 0 Å². The van der Waals surface area contributed by atoms with Gasteiger partial charge in [-0.15, -0.1) is 0 Å². The maximum atomic E-state index is 10.1. The van der Waals surface area contributed by atoms with Crippen LogP contribution in [0.25, 0.3) is 5.53 Å². The van der Waals surface area contributed by atoms with E-state index in [1.54, 1.807) is 0 Å². The van der Waals surface area contributed by atoms with Gasteiger partial charge in [0.05, 0.1) is 6.61 Å². The molecule has 0 saturated carbocycles. The number of hydrogen-bond acceptors (Lipinski definition) is 1. The summed E-state index contributed by atoms with van der Waals surface area (Å²) in [7, 11) is 0. The highest BCUT2D eigenvalue weighted by atomic mass is 16.5. The number of benzene rings is 2. The van der Waals surface area contributed by atoms with Crippen LogP contribution in [0.2, 0.25) is 0 Å². The van der Waals surface area contributed by atoms with Crippen molar-refractivity contribution in [1.29, 1.82) is 0 Å². The Kier molecular flexibility index (Phi) is 4.07. The van der Waals surface area contributed by atoms with Crippen LogP contribution in [-0.2, 0) is 0 Å². The van der Waals surface area contributed by atoms with Gasteiger partial charge in [0.2, 0.25) is 0 Å². The summed E-state index contributed by atoms with van der Waals surface area (Å²) in [6.07, 6.45) is 0.984. The van der Waals surface area contributed by atoms with Crippen molar-refractivity contribution >= 4 is 11.4 Å². The summed E-state index contributed by atoms with van der Waals surface area (Å²) in [4.78, 5) is 0. The van der Waals surface area contributed by atoms with Crippen molar-refractivity contribution < 1.29 is 4.74 Å². The van der Waals surface area contributed by atoms with Gasteiger partial charge < -0.3 is 10.3 Å². The third-order valence-electron chi connectivity index (χ3n) is 2.55. The molecule has 0 aromatic heterocycles. The molecule has 0 N–H and O–H groups in total. The van der Waals surface area contributed by atoms with Crippen LogP contribution in [0, 0.1) is 0 Å². The predicted octanol–water partition coefficient (Wildman–Crippen LogP) is 4.33. The number of para-hydroxylation sites is 1. The minimum Gasteiger partial charge on any atom is -0.494 e. The fourth-order valence-corrected chi connectivity index (χ4v) is 1.62. The molecule has 0 radical (unpaired) electrons. The Hall–Kier alpha value is -2.16. The Labute approximate surface area is 107 Å². The van der Waals surface area contributed by atoms with Gasteiger partial charge in [-0.1, -0.05) is 25.1 Å². The molecule has 0 fully saturated rings. The van der Waals surface area contributed by atoms with E-state index in [9.17, 15) is 5.53 Å². The molecular weight excluding hydrogens is 224 g/mol. The summed E-state index contributed by atoms with van der Waals surface area (Å²) >= 11 is 0. The van der Waals surface area contributed by atoms with Gasteiger partial charge in [-0.2, -0.15) is 0 Å². The number of rotatable bonds is 5. The first kappa shape index (κ1) is 12.3. The molecule has 3 heteroatoms. The monoisotopic (exact) mass is 240 g/mol. The molecule has 0 aliphatic rings. The van der Waals surface area contributed by atoms with Crippen LogP contribution in [0.3, 0.4) is 0 Å². The van der Waals surface area contributed by atoms with E-state index in [2.05, 4.69) is 6.92 Å². The van der Waals surface area contributed by atoms with Crippen molar-refractivity contribution in [2.24, 2.45) is 0 Å². The highest BCUT2D eigenvalue weighted by molar-refractivity contribution is 5.52. The van der Waals surface area contributed by atoms with Crippen LogP contribution in [0.1, 0.15) is 13.3 Å². The Morgan fingerprint density at radius 3 is 2.17 bits per heavy atom. The molecule has 2 rings (SSSR count). The standard InChI is InChI=1S/C15H16N2O/c1-2-12-18-15-10-8-14(9-11-15)17(16)13-6-4-3-5-7-13/h3-11H,2,12H2,1H3. The topological polar surface area (TPSA) is 34.5 Å². The van der Waals surface area contributed by atoms with Crippen LogP contribution in [0.15, 0.2) is 54.6 Å². The van der Waals surface area contributed by atoms with Crippen molar-refractivity contribution in [3.63, 3.8) is 0 Å². The number of ether oxygens (including phenoxy) is 1. The van der Waals surface area contributed by atoms with Gasteiger partial charge in [0.15, 0.2) is 11.4 Å². The van der Waals surface area contributed by atoms with Crippen LogP contribution in [0.5, 0.6) is 5.75 Å². The molecule has 2 aromatic carbocycles. The second-order valence-corrected chi connectivity index (χ2v) is 3.99. The van der Waals surface area contributed by atoms with Gasteiger partial charge in [0.1, 0.15) is 5.75 Å². The zero-order chi connectivity index (χ0) is 12.8. The maximum absolute atomic E-state index is 10.1. The van der Waals surface area contributed by atoms with E-state index in [4.69, 9.17) is 4.74 Å². The fraction of sp³-hybridized carbons (Fsp3) is 0.200. The SMILES string of the molecule is CCCOc1ccc([N+](=[N-])c2ccccc2)cc1. The van der Waals surface area contributed by atoms with Gasteiger partial charge in [-0.3, -0.25) is 0 Å². The summed E-state index contributed by atoms with van der Waals surface area (Å²) < 4.78 is 6.65. The molecule has 18 heavy (non-hydrogen) atoms. The van der Waals surface area contributed by atoms with E-state index in [0.29, 0.717) is 12.3 Å². The van der Waals surface area contributed by atoms with E-state index in [0.717, 1.165) is 22.6 Å². The smallest absolute Gasteiger partial charge is 0.200 e. The molecule has 0 aliphatic carbocycles. The van der Waals surface area contributed by atoms with Crippen LogP contribution in [-0.4, -0.2) is 6.61 Å². The molecule has 0 unspecified atom stereocenters. The molecule has 0 bridgehead atoms. The zero-order valence-electron chi connectivity index (χ0n) is 10.4. The highest BCUT2D eigenvalue weighted by Gasteiger charge is 2.06. The third-order valence-corrected chi connectivity index (χ3v) is 2.55. The number of hydrogen-bond donors (Lipinski definition) is 0. The Morgan fingerprint density at radius 1 is 0.944 bits per heavy atom. The lowest BCUT2D eigenvalue weighted by Gasteiger charge is -2.07. The lowest BCUT2D eigenvalue weighted by atomic mass is 10.2. The van der Waals surface area contributed by atoms with Gasteiger partial charge in [-0.25, -0.2) is 4.70 Å². The molecule has 0 heterocycles. The normalized spacial score (nSPS) is 10.1. The average molecular weight is 240 g/mol. The summed E-state index contributed by atoms with van der Waals surface area (Å²) in [5, 5.41) is 0. The summed E-state index contributed by atoms with van der Waals surface area (Å²) in [5.74, 6) is 0.821. The highest BCUT2D eigenvalue weighted by Crippen LogP contribution is 2.22. The summed E-state index contributed by atoms with van der Waals surface area (Å²) in [6.45, 7) is 2.78. The molecule has 0 amide bonds. The second kappa shape index (κ2) is 5.96. The van der Waals surface area contributed by atoms with E-state index in [1.807, 2.05) is 54.6 Å². The molecule has 92 valence electrons. The minimum absolute atomic E-state index is 0.709. The van der Waals surface area contributed by atoms with E-state index < -0.39 is 0 Å². The Bertz CT molecular complexity index is 506. The summed E-state index contributed by atoms with van der Waals surface area (Å²) in [6, 6.07) is 16.8. The largest absolute Gasteiger partial charge is 0.494 e. The lowest BCUT2D eigenvalue weighted by Crippen LogP contribution is -1.98. The average Bonchev–Trinajstić information content (AvgIpc) is 2.46. The van der Waals surface area contributed by atoms with Crippen molar-refractivity contribution in [1.82, 2.24) is 4.70 Å². The van der Waals surface area contributed by atoms with Crippen molar-refractivity contribution in [3.05, 3.63) is 60.1 Å². The first-order valence-corrected chi connectivity index (χ1v) is 6.08. The van der Waals surface area contributed by atoms with Crippen LogP contribution < -0.4 is 9.43 Å². The first-order chi connectivity index (χ1) is 8.81. The van der Waals surface area contributed by atoms with Gasteiger partial charge in [-0.05, 0) is 18.6 Å². The number of nitrogens with zero attached hydrogens (tertiary/aromatic N) is 2. The van der Waals surface area contributed by atoms with Crippen molar-refractivity contribution in [2.45, 2.75) is 13.3 Å². The van der Waals surface area contributed by atoms with E-state index >= 15 is 0 Å². The van der Waals surface area contributed by atoms with Crippen LogP contribution >= 0.6 is 0 Å².